The van der Waals surface area contributed by atoms with E-state index in [2.05, 4.69) is 11.8 Å². The predicted octanol–water partition coefficient (Wildman–Crippen LogP) is 2.49. The van der Waals surface area contributed by atoms with Crippen LogP contribution in [0.25, 0.3) is 0 Å². The Kier molecular flexibility index (Phi) is 5.89. The Morgan fingerprint density at radius 3 is 2.59 bits per heavy atom. The third-order valence-corrected chi connectivity index (χ3v) is 4.09. The van der Waals surface area contributed by atoms with E-state index in [1.54, 1.807) is 18.3 Å². The monoisotopic (exact) mass is 276 g/mol. The number of aliphatic hydroxyl groups is 1. The minimum Gasteiger partial charge on any atom is -0.392 e. The van der Waals surface area contributed by atoms with Crippen LogP contribution >= 0.6 is 22.9 Å². The molecule has 0 aromatic carbocycles. The average Bonchev–Trinajstić information content (AvgIpc) is 2.63. The molecule has 3 atom stereocenters. The molecule has 0 bridgehead atoms. The van der Waals surface area contributed by atoms with Gasteiger partial charge in [-0.2, -0.15) is 0 Å². The summed E-state index contributed by atoms with van der Waals surface area (Å²) in [6, 6.07) is 4.08. The molecule has 1 aromatic rings. The number of aliphatic hydroxyl groups excluding tert-OH is 1. The van der Waals surface area contributed by atoms with E-state index in [1.807, 2.05) is 19.2 Å². The lowest BCUT2D eigenvalue weighted by atomic mass is 10.0. The molecule has 3 nitrogen and oxygen atoms in total. The van der Waals surface area contributed by atoms with Gasteiger partial charge in [-0.15, -0.1) is 11.3 Å². The molecule has 98 valence electrons. The third kappa shape index (κ3) is 4.23. The maximum atomic E-state index is 9.47. The molecule has 1 aromatic heterocycles. The van der Waals surface area contributed by atoms with Crippen LogP contribution < -0.4 is 5.73 Å². The fraction of sp³-hybridized carbons (Fsp3) is 0.667. The lowest BCUT2D eigenvalue weighted by Gasteiger charge is -2.32. The zero-order chi connectivity index (χ0) is 13.0. The minimum absolute atomic E-state index is 0.0495. The smallest absolute Gasteiger partial charge is 0.0931 e. The van der Waals surface area contributed by atoms with Crippen LogP contribution in [0.1, 0.15) is 31.2 Å². The number of rotatable bonds is 6. The van der Waals surface area contributed by atoms with Gasteiger partial charge in [0, 0.05) is 17.5 Å². The molecule has 0 aliphatic heterocycles. The van der Waals surface area contributed by atoms with E-state index in [0.717, 1.165) is 15.6 Å². The first-order chi connectivity index (χ1) is 7.95. The van der Waals surface area contributed by atoms with Crippen molar-refractivity contribution in [2.75, 3.05) is 13.6 Å². The number of hydrogen-bond acceptors (Lipinski definition) is 4. The summed E-state index contributed by atoms with van der Waals surface area (Å²) in [6.45, 7) is 4.46. The first-order valence-corrected chi connectivity index (χ1v) is 7.04. The molecule has 0 fully saturated rings. The Labute approximate surface area is 112 Å². The Hall–Kier alpha value is -0.130. The lowest BCUT2D eigenvalue weighted by molar-refractivity contribution is 0.108. The number of likely N-dealkylation sites (N-methyl/N-ethyl adjacent to an activating group) is 1. The van der Waals surface area contributed by atoms with E-state index in [4.69, 9.17) is 17.3 Å². The number of nitrogens with zero attached hydrogens (tertiary/aromatic N) is 1. The summed E-state index contributed by atoms with van der Waals surface area (Å²) in [7, 11) is 1.99. The molecular formula is C12H21ClN2OS. The van der Waals surface area contributed by atoms with E-state index in [1.165, 1.54) is 0 Å². The number of halogens is 1. The lowest BCUT2D eigenvalue weighted by Crippen LogP contribution is -2.41. The van der Waals surface area contributed by atoms with Crippen molar-refractivity contribution >= 4 is 22.9 Å². The summed E-state index contributed by atoms with van der Waals surface area (Å²) < 4.78 is 0.777. The molecular weight excluding hydrogens is 256 g/mol. The highest BCUT2D eigenvalue weighted by Gasteiger charge is 2.25. The number of nitrogens with two attached hydrogens (primary N) is 1. The number of hydrogen-bond donors (Lipinski definition) is 2. The molecule has 1 rings (SSSR count). The Balaban J connectivity index is 2.87. The predicted molar refractivity (Wildman–Crippen MR) is 74.6 cm³/mol. The highest BCUT2D eigenvalue weighted by Crippen LogP contribution is 2.32. The number of thiophene rings is 1. The van der Waals surface area contributed by atoms with E-state index in [9.17, 15) is 5.11 Å². The summed E-state index contributed by atoms with van der Waals surface area (Å²) in [4.78, 5) is 3.26. The van der Waals surface area contributed by atoms with Gasteiger partial charge in [-0.3, -0.25) is 4.90 Å². The zero-order valence-corrected chi connectivity index (χ0v) is 12.1. The Bertz CT molecular complexity index is 343. The standard InChI is InChI=1S/C12H21ClN2OS/c1-4-9(14)12(15(3)7-8(2)16)10-5-6-11(13)17-10/h5-6,8-9,12,16H,4,7,14H2,1-3H3. The van der Waals surface area contributed by atoms with E-state index < -0.39 is 0 Å². The van der Waals surface area contributed by atoms with Gasteiger partial charge in [0.15, 0.2) is 0 Å². The van der Waals surface area contributed by atoms with Crippen molar-refractivity contribution in [1.29, 1.82) is 0 Å². The minimum atomic E-state index is -0.359. The molecule has 0 saturated heterocycles. The molecule has 0 aliphatic carbocycles. The molecule has 3 N–H and O–H groups in total. The Morgan fingerprint density at radius 2 is 2.18 bits per heavy atom. The molecule has 0 spiro atoms. The molecule has 17 heavy (non-hydrogen) atoms. The van der Waals surface area contributed by atoms with Gasteiger partial charge >= 0.3 is 0 Å². The second-order valence-corrected chi connectivity index (χ2v) is 6.19. The van der Waals surface area contributed by atoms with Gasteiger partial charge < -0.3 is 10.8 Å². The molecule has 0 amide bonds. The summed E-state index contributed by atoms with van der Waals surface area (Å²) >= 11 is 7.53. The fourth-order valence-electron chi connectivity index (χ4n) is 2.00. The summed E-state index contributed by atoms with van der Waals surface area (Å²) in [5, 5.41) is 9.47. The second kappa shape index (κ2) is 6.71. The van der Waals surface area contributed by atoms with Crippen LogP contribution in [0.5, 0.6) is 0 Å². The van der Waals surface area contributed by atoms with Gasteiger partial charge in [0.05, 0.1) is 16.5 Å². The molecule has 0 aliphatic rings. The first kappa shape index (κ1) is 14.9. The summed E-state index contributed by atoms with van der Waals surface area (Å²) in [6.07, 6.45) is 0.534. The quantitative estimate of drug-likeness (QED) is 0.839. The van der Waals surface area contributed by atoms with Crippen molar-refractivity contribution in [3.05, 3.63) is 21.3 Å². The van der Waals surface area contributed by atoms with Crippen LogP contribution in [-0.4, -0.2) is 35.7 Å². The first-order valence-electron chi connectivity index (χ1n) is 5.84. The van der Waals surface area contributed by atoms with Crippen LogP contribution in [0.2, 0.25) is 4.34 Å². The van der Waals surface area contributed by atoms with Gasteiger partial charge in [0.25, 0.3) is 0 Å². The Morgan fingerprint density at radius 1 is 1.53 bits per heavy atom. The molecule has 0 radical (unpaired) electrons. The van der Waals surface area contributed by atoms with Crippen molar-refractivity contribution in [1.82, 2.24) is 4.90 Å². The average molecular weight is 277 g/mol. The zero-order valence-electron chi connectivity index (χ0n) is 10.6. The maximum absolute atomic E-state index is 9.47. The fourth-order valence-corrected chi connectivity index (χ4v) is 3.30. The van der Waals surface area contributed by atoms with Gasteiger partial charge in [0.1, 0.15) is 0 Å². The van der Waals surface area contributed by atoms with Crippen molar-refractivity contribution in [3.63, 3.8) is 0 Å². The van der Waals surface area contributed by atoms with Gasteiger partial charge in [-0.05, 0) is 32.5 Å². The van der Waals surface area contributed by atoms with Crippen LogP contribution in [-0.2, 0) is 0 Å². The summed E-state index contributed by atoms with van der Waals surface area (Å²) in [5.74, 6) is 0. The molecule has 1 heterocycles. The normalized spacial score (nSPS) is 17.1. The largest absolute Gasteiger partial charge is 0.392 e. The highest BCUT2D eigenvalue weighted by atomic mass is 35.5. The summed E-state index contributed by atoms with van der Waals surface area (Å²) in [5.41, 5.74) is 6.18. The third-order valence-electron chi connectivity index (χ3n) is 2.79. The van der Waals surface area contributed by atoms with Gasteiger partial charge in [0.2, 0.25) is 0 Å². The van der Waals surface area contributed by atoms with E-state index in [0.29, 0.717) is 6.54 Å². The van der Waals surface area contributed by atoms with E-state index in [-0.39, 0.29) is 18.2 Å². The topological polar surface area (TPSA) is 49.5 Å². The van der Waals surface area contributed by atoms with Crippen LogP contribution in [0, 0.1) is 0 Å². The molecule has 0 saturated carbocycles. The van der Waals surface area contributed by atoms with Crippen LogP contribution in [0.4, 0.5) is 0 Å². The van der Waals surface area contributed by atoms with Crippen LogP contribution in [0.15, 0.2) is 12.1 Å². The SMILES string of the molecule is CCC(N)C(c1ccc(Cl)s1)N(C)CC(C)O. The molecule has 3 unspecified atom stereocenters. The highest BCUT2D eigenvalue weighted by molar-refractivity contribution is 7.16. The van der Waals surface area contributed by atoms with Gasteiger partial charge in [-0.1, -0.05) is 18.5 Å². The maximum Gasteiger partial charge on any atom is 0.0931 e. The van der Waals surface area contributed by atoms with Crippen molar-refractivity contribution in [2.24, 2.45) is 5.73 Å². The van der Waals surface area contributed by atoms with Crippen molar-refractivity contribution in [2.45, 2.75) is 38.5 Å². The van der Waals surface area contributed by atoms with Crippen molar-refractivity contribution < 1.29 is 5.11 Å². The van der Waals surface area contributed by atoms with E-state index >= 15 is 0 Å². The van der Waals surface area contributed by atoms with Crippen LogP contribution in [0.3, 0.4) is 0 Å². The second-order valence-electron chi connectivity index (χ2n) is 4.45. The molecule has 5 heteroatoms. The van der Waals surface area contributed by atoms with Gasteiger partial charge in [-0.25, -0.2) is 0 Å². The van der Waals surface area contributed by atoms with Crippen molar-refractivity contribution in [3.8, 4) is 0 Å².